The van der Waals surface area contributed by atoms with Crippen LogP contribution in [-0.2, 0) is 11.5 Å². The lowest BCUT2D eigenvalue weighted by Gasteiger charge is -2.31. The highest BCUT2D eigenvalue weighted by atomic mass is 28.3. The molecule has 1 saturated carbocycles. The van der Waals surface area contributed by atoms with Crippen molar-refractivity contribution in [1.82, 2.24) is 24.4 Å². The van der Waals surface area contributed by atoms with Gasteiger partial charge in [-0.25, -0.2) is 14.3 Å². The Hall–Kier alpha value is -2.44. The molecule has 12 heteroatoms. The summed E-state index contributed by atoms with van der Waals surface area (Å²) < 4.78 is 46.0. The fraction of sp³-hybridized carbons (Fsp3) is 0.625. The van der Waals surface area contributed by atoms with Crippen LogP contribution in [0.4, 0.5) is 13.2 Å². The molecule has 3 heterocycles. The summed E-state index contributed by atoms with van der Waals surface area (Å²) in [5, 5.41) is 3.55. The molecule has 0 radical (unpaired) electrons. The molecule has 0 unspecified atom stereocenters. The van der Waals surface area contributed by atoms with Gasteiger partial charge >= 0.3 is 11.9 Å². The summed E-state index contributed by atoms with van der Waals surface area (Å²) >= 11 is 0. The molecule has 0 atom stereocenters. The molecule has 3 aromatic heterocycles. The van der Waals surface area contributed by atoms with Gasteiger partial charge in [0.1, 0.15) is 12.4 Å². The minimum Gasteiger partial charge on any atom is -0.361 e. The first kappa shape index (κ1) is 26.6. The van der Waals surface area contributed by atoms with Crippen molar-refractivity contribution in [1.29, 1.82) is 0 Å². The van der Waals surface area contributed by atoms with Gasteiger partial charge in [0.25, 0.3) is 5.56 Å². The molecule has 8 nitrogen and oxygen atoms in total. The van der Waals surface area contributed by atoms with Crippen molar-refractivity contribution in [2.75, 3.05) is 19.7 Å². The summed E-state index contributed by atoms with van der Waals surface area (Å²) in [5.41, 5.74) is 0.283. The number of pyridine rings is 1. The van der Waals surface area contributed by atoms with E-state index in [1.165, 1.54) is 6.20 Å². The average Bonchev–Trinajstić information content (AvgIpc) is 3.27. The molecule has 2 N–H and O–H groups in total. The van der Waals surface area contributed by atoms with E-state index < -0.39 is 32.0 Å². The highest BCUT2D eigenvalue weighted by Crippen LogP contribution is 2.34. The summed E-state index contributed by atoms with van der Waals surface area (Å²) in [5.74, 6) is 0.107. The van der Waals surface area contributed by atoms with E-state index in [0.29, 0.717) is 54.2 Å². The van der Waals surface area contributed by atoms with Crippen LogP contribution in [0.5, 0.6) is 0 Å². The van der Waals surface area contributed by atoms with E-state index in [9.17, 15) is 22.8 Å². The van der Waals surface area contributed by atoms with Crippen molar-refractivity contribution >= 4 is 30.0 Å². The summed E-state index contributed by atoms with van der Waals surface area (Å²) in [6, 6.07) is 2.55. The van der Waals surface area contributed by atoms with Gasteiger partial charge in [-0.2, -0.15) is 13.2 Å². The number of aromatic amines is 1. The standard InChI is InChI=1S/C24H34F3N5O3Si/c1-36(2,3)11-10-35-15-31-22(33)19-13-30-21-18(8-9-29-21)20(19)32(23(31)34)17-6-4-16(5-7-17)12-28-14-24(25,26)27/h8-9,13,16-17,28H,4-7,10-12,14-15H2,1-3H3,(H,29,30). The minimum absolute atomic E-state index is 0.107. The topological polar surface area (TPSA) is 93.9 Å². The van der Waals surface area contributed by atoms with Crippen LogP contribution in [-0.4, -0.2) is 53.0 Å². The van der Waals surface area contributed by atoms with Gasteiger partial charge in [0.15, 0.2) is 0 Å². The number of rotatable bonds is 9. The maximum absolute atomic E-state index is 13.7. The van der Waals surface area contributed by atoms with E-state index in [-0.39, 0.29) is 25.2 Å². The maximum atomic E-state index is 13.7. The highest BCUT2D eigenvalue weighted by Gasteiger charge is 2.29. The fourth-order valence-electron chi connectivity index (χ4n) is 4.88. The van der Waals surface area contributed by atoms with Crippen LogP contribution < -0.4 is 16.6 Å². The molecule has 36 heavy (non-hydrogen) atoms. The number of hydrogen-bond acceptors (Lipinski definition) is 5. The van der Waals surface area contributed by atoms with Gasteiger partial charge in [0, 0.05) is 38.5 Å². The Morgan fingerprint density at radius 3 is 2.56 bits per heavy atom. The van der Waals surface area contributed by atoms with Crippen molar-refractivity contribution in [3.63, 3.8) is 0 Å². The zero-order valence-corrected chi connectivity index (χ0v) is 22.0. The molecule has 1 aliphatic carbocycles. The van der Waals surface area contributed by atoms with Gasteiger partial charge in [0.2, 0.25) is 0 Å². The molecule has 3 aromatic rings. The van der Waals surface area contributed by atoms with E-state index in [4.69, 9.17) is 4.74 Å². The minimum atomic E-state index is -4.23. The molecule has 0 saturated heterocycles. The van der Waals surface area contributed by atoms with Crippen molar-refractivity contribution < 1.29 is 17.9 Å². The molecule has 1 aliphatic rings. The molecular formula is C24H34F3N5O3Si. The van der Waals surface area contributed by atoms with Crippen LogP contribution in [0.2, 0.25) is 25.7 Å². The van der Waals surface area contributed by atoms with Crippen LogP contribution in [0.3, 0.4) is 0 Å². The smallest absolute Gasteiger partial charge is 0.361 e. The van der Waals surface area contributed by atoms with Crippen LogP contribution in [0, 0.1) is 5.92 Å². The predicted octanol–water partition coefficient (Wildman–Crippen LogP) is 4.24. The predicted molar refractivity (Wildman–Crippen MR) is 136 cm³/mol. The lowest BCUT2D eigenvalue weighted by Crippen LogP contribution is -2.43. The molecule has 0 aromatic carbocycles. The van der Waals surface area contributed by atoms with Gasteiger partial charge < -0.3 is 15.0 Å². The summed E-state index contributed by atoms with van der Waals surface area (Å²) in [4.78, 5) is 34.4. The van der Waals surface area contributed by atoms with E-state index in [1.54, 1.807) is 10.8 Å². The van der Waals surface area contributed by atoms with Gasteiger partial charge in [-0.1, -0.05) is 19.6 Å². The molecule has 0 aliphatic heterocycles. The van der Waals surface area contributed by atoms with E-state index >= 15 is 0 Å². The lowest BCUT2D eigenvalue weighted by atomic mass is 9.85. The maximum Gasteiger partial charge on any atom is 0.401 e. The number of halogens is 3. The molecule has 0 spiro atoms. The van der Waals surface area contributed by atoms with Crippen molar-refractivity contribution in [3.8, 4) is 0 Å². The summed E-state index contributed by atoms with van der Waals surface area (Å²) in [7, 11) is -1.33. The number of alkyl halides is 3. The average molecular weight is 526 g/mol. The first-order chi connectivity index (χ1) is 16.9. The highest BCUT2D eigenvalue weighted by molar-refractivity contribution is 6.76. The van der Waals surface area contributed by atoms with E-state index in [2.05, 4.69) is 34.9 Å². The van der Waals surface area contributed by atoms with Crippen molar-refractivity contribution in [3.05, 3.63) is 39.3 Å². The third-order valence-corrected chi connectivity index (χ3v) is 8.57. The third kappa shape index (κ3) is 6.09. The Morgan fingerprint density at radius 2 is 1.89 bits per heavy atom. The Balaban J connectivity index is 1.63. The molecule has 1 fully saturated rings. The number of nitrogens with one attached hydrogen (secondary N) is 2. The van der Waals surface area contributed by atoms with Crippen LogP contribution in [0.15, 0.2) is 28.0 Å². The SMILES string of the molecule is C[Si](C)(C)CCOCn1c(=O)c2cnc3[nH]ccc3c2n(C2CCC(CNCC(F)(F)F)CC2)c1=O. The largest absolute Gasteiger partial charge is 0.401 e. The fourth-order valence-corrected chi connectivity index (χ4v) is 5.64. The normalized spacial score (nSPS) is 19.4. The Kier molecular flexibility index (Phi) is 7.77. The Bertz CT molecular complexity index is 1320. The van der Waals surface area contributed by atoms with Crippen molar-refractivity contribution in [2.24, 2.45) is 5.92 Å². The van der Waals surface area contributed by atoms with Gasteiger partial charge in [-0.05, 0) is 50.3 Å². The quantitative estimate of drug-likeness (QED) is 0.322. The molecule has 198 valence electrons. The second-order valence-electron chi connectivity index (χ2n) is 10.9. The number of nitrogens with zero attached hydrogens (tertiary/aromatic N) is 3. The second-order valence-corrected chi connectivity index (χ2v) is 16.5. The number of ether oxygens (including phenoxy) is 1. The van der Waals surface area contributed by atoms with Gasteiger partial charge in [0.05, 0.1) is 17.4 Å². The molecule has 4 rings (SSSR count). The van der Waals surface area contributed by atoms with Crippen LogP contribution in [0.25, 0.3) is 21.9 Å². The summed E-state index contributed by atoms with van der Waals surface area (Å²) in [6.07, 6.45) is 1.64. The first-order valence-corrected chi connectivity index (χ1v) is 16.1. The molecule has 0 bridgehead atoms. The lowest BCUT2D eigenvalue weighted by molar-refractivity contribution is -0.125. The monoisotopic (exact) mass is 525 g/mol. The number of aromatic nitrogens is 4. The van der Waals surface area contributed by atoms with Crippen molar-refractivity contribution in [2.45, 2.75) is 70.3 Å². The van der Waals surface area contributed by atoms with Crippen LogP contribution >= 0.6 is 0 Å². The number of H-pyrrole nitrogens is 1. The van der Waals surface area contributed by atoms with Gasteiger partial charge in [-0.15, -0.1) is 0 Å². The zero-order chi connectivity index (χ0) is 26.1. The molecule has 0 amide bonds. The number of hydrogen-bond donors (Lipinski definition) is 2. The first-order valence-electron chi connectivity index (χ1n) is 12.4. The molecular weight excluding hydrogens is 491 g/mol. The van der Waals surface area contributed by atoms with E-state index in [1.807, 2.05) is 6.07 Å². The Labute approximate surface area is 207 Å². The Morgan fingerprint density at radius 1 is 1.17 bits per heavy atom. The summed E-state index contributed by atoms with van der Waals surface area (Å²) in [6.45, 7) is 6.33. The van der Waals surface area contributed by atoms with Gasteiger partial charge in [-0.3, -0.25) is 9.36 Å². The number of fused-ring (bicyclic) bond motifs is 3. The second kappa shape index (κ2) is 10.5. The van der Waals surface area contributed by atoms with Crippen LogP contribution in [0.1, 0.15) is 31.7 Å². The van der Waals surface area contributed by atoms with E-state index in [0.717, 1.165) is 10.6 Å². The third-order valence-electron chi connectivity index (χ3n) is 6.87. The zero-order valence-electron chi connectivity index (χ0n) is 21.0.